The van der Waals surface area contributed by atoms with E-state index in [0.29, 0.717) is 25.0 Å². The molecule has 0 aliphatic carbocycles. The van der Waals surface area contributed by atoms with Crippen LogP contribution in [0.3, 0.4) is 0 Å². The van der Waals surface area contributed by atoms with Crippen molar-refractivity contribution in [1.29, 1.82) is 0 Å². The Morgan fingerprint density at radius 2 is 1.84 bits per heavy atom. The molecule has 2 rings (SSSR count). The third-order valence-electron chi connectivity index (χ3n) is 3.02. The van der Waals surface area contributed by atoms with Gasteiger partial charge >= 0.3 is 5.63 Å². The Balaban J connectivity index is 2.34. The Kier molecular flexibility index (Phi) is 4.29. The maximum atomic E-state index is 11.4. The van der Waals surface area contributed by atoms with Gasteiger partial charge in [0.05, 0.1) is 0 Å². The molecule has 98 valence electrons. The molecule has 0 bridgehead atoms. The Hall–Kier alpha value is -2.16. The van der Waals surface area contributed by atoms with Crippen LogP contribution >= 0.6 is 0 Å². The van der Waals surface area contributed by atoms with Crippen LogP contribution in [-0.2, 0) is 11.2 Å². The summed E-state index contributed by atoms with van der Waals surface area (Å²) < 4.78 is 5.29. The molecule has 3 heteroatoms. The number of hydrogen-bond donors (Lipinski definition) is 0. The van der Waals surface area contributed by atoms with Gasteiger partial charge in [0.15, 0.2) is 0 Å². The van der Waals surface area contributed by atoms with E-state index in [1.165, 1.54) is 6.07 Å². The van der Waals surface area contributed by atoms with Crippen molar-refractivity contribution in [3.8, 4) is 11.3 Å². The van der Waals surface area contributed by atoms with Gasteiger partial charge in [0.2, 0.25) is 0 Å². The van der Waals surface area contributed by atoms with Crippen molar-refractivity contribution in [3.63, 3.8) is 0 Å². The Morgan fingerprint density at radius 1 is 1.11 bits per heavy atom. The van der Waals surface area contributed by atoms with Crippen molar-refractivity contribution in [1.82, 2.24) is 0 Å². The van der Waals surface area contributed by atoms with Crippen LogP contribution in [0.1, 0.15) is 25.3 Å². The number of carbonyl (C=O) groups is 1. The lowest BCUT2D eigenvalue weighted by molar-refractivity contribution is -0.118. The van der Waals surface area contributed by atoms with Crippen LogP contribution in [0, 0.1) is 0 Å². The summed E-state index contributed by atoms with van der Waals surface area (Å²) in [5, 5.41) is 0. The van der Waals surface area contributed by atoms with Gasteiger partial charge < -0.3 is 4.42 Å². The summed E-state index contributed by atoms with van der Waals surface area (Å²) in [7, 11) is 0. The molecular weight excluding hydrogens is 240 g/mol. The molecule has 19 heavy (non-hydrogen) atoms. The second-order valence-electron chi connectivity index (χ2n) is 4.37. The van der Waals surface area contributed by atoms with Crippen LogP contribution < -0.4 is 5.63 Å². The highest BCUT2D eigenvalue weighted by atomic mass is 16.4. The van der Waals surface area contributed by atoms with E-state index in [0.717, 1.165) is 11.1 Å². The molecule has 0 saturated carbocycles. The predicted molar refractivity (Wildman–Crippen MR) is 74.0 cm³/mol. The maximum absolute atomic E-state index is 11.4. The van der Waals surface area contributed by atoms with Crippen molar-refractivity contribution in [2.24, 2.45) is 0 Å². The standard InChI is InChI=1S/C16H16O3/c1-2-14(17)10-8-13-9-11-15(18)19-16(13)12-6-4-3-5-7-12/h3-7,9,11H,2,8,10H2,1H3. The Labute approximate surface area is 111 Å². The molecule has 0 amide bonds. The summed E-state index contributed by atoms with van der Waals surface area (Å²) in [6.07, 6.45) is 1.61. The number of benzene rings is 1. The zero-order chi connectivity index (χ0) is 13.7. The second-order valence-corrected chi connectivity index (χ2v) is 4.37. The number of carbonyl (C=O) groups excluding carboxylic acids is 1. The highest BCUT2D eigenvalue weighted by Crippen LogP contribution is 2.23. The van der Waals surface area contributed by atoms with Crippen LogP contribution in [0.4, 0.5) is 0 Å². The Bertz CT molecular complexity index is 611. The predicted octanol–water partition coefficient (Wildman–Crippen LogP) is 3.22. The minimum atomic E-state index is -0.371. The molecule has 0 unspecified atom stereocenters. The number of hydrogen-bond acceptors (Lipinski definition) is 3. The fraction of sp³-hybridized carbons (Fsp3) is 0.250. The average Bonchev–Trinajstić information content (AvgIpc) is 2.46. The Morgan fingerprint density at radius 3 is 2.53 bits per heavy atom. The van der Waals surface area contributed by atoms with Gasteiger partial charge in [0, 0.05) is 24.5 Å². The molecule has 0 aliphatic rings. The SMILES string of the molecule is CCC(=O)CCc1ccc(=O)oc1-c1ccccc1. The van der Waals surface area contributed by atoms with Crippen LogP contribution in [0.5, 0.6) is 0 Å². The molecule has 3 nitrogen and oxygen atoms in total. The van der Waals surface area contributed by atoms with Gasteiger partial charge in [0.25, 0.3) is 0 Å². The first kappa shape index (κ1) is 13.3. The summed E-state index contributed by atoms with van der Waals surface area (Å²) >= 11 is 0. The van der Waals surface area contributed by atoms with E-state index in [9.17, 15) is 9.59 Å². The maximum Gasteiger partial charge on any atom is 0.336 e. The quantitative estimate of drug-likeness (QED) is 0.825. The van der Waals surface area contributed by atoms with Gasteiger partial charge in [-0.05, 0) is 18.1 Å². The summed E-state index contributed by atoms with van der Waals surface area (Å²) in [6.45, 7) is 1.85. The molecule has 1 heterocycles. The van der Waals surface area contributed by atoms with Gasteiger partial charge in [-0.3, -0.25) is 4.79 Å². The van der Waals surface area contributed by atoms with E-state index in [1.54, 1.807) is 6.07 Å². The first-order valence-corrected chi connectivity index (χ1v) is 6.41. The monoisotopic (exact) mass is 256 g/mol. The van der Waals surface area contributed by atoms with Crippen LogP contribution in [0.25, 0.3) is 11.3 Å². The van der Waals surface area contributed by atoms with E-state index >= 15 is 0 Å². The van der Waals surface area contributed by atoms with Crippen molar-refractivity contribution in [3.05, 3.63) is 58.4 Å². The smallest absolute Gasteiger partial charge is 0.336 e. The molecule has 0 N–H and O–H groups in total. The molecule has 0 atom stereocenters. The van der Waals surface area contributed by atoms with Gasteiger partial charge in [-0.25, -0.2) is 4.79 Å². The number of Topliss-reactive ketones (excluding diaryl/α,β-unsaturated/α-hetero) is 1. The molecule has 2 aromatic rings. The molecule has 1 aromatic heterocycles. The molecular formula is C16H16O3. The third kappa shape index (κ3) is 3.41. The molecule has 0 saturated heterocycles. The summed E-state index contributed by atoms with van der Waals surface area (Å²) in [6, 6.07) is 12.6. The fourth-order valence-corrected chi connectivity index (χ4v) is 1.93. The lowest BCUT2D eigenvalue weighted by Gasteiger charge is -2.07. The van der Waals surface area contributed by atoms with E-state index in [-0.39, 0.29) is 11.4 Å². The molecule has 0 aliphatic heterocycles. The van der Waals surface area contributed by atoms with E-state index in [1.807, 2.05) is 37.3 Å². The minimum Gasteiger partial charge on any atom is -0.422 e. The number of aryl methyl sites for hydroxylation is 1. The van der Waals surface area contributed by atoms with Gasteiger partial charge in [-0.15, -0.1) is 0 Å². The van der Waals surface area contributed by atoms with E-state index in [2.05, 4.69) is 0 Å². The van der Waals surface area contributed by atoms with E-state index in [4.69, 9.17) is 4.42 Å². The largest absolute Gasteiger partial charge is 0.422 e. The normalized spacial score (nSPS) is 10.4. The second kappa shape index (κ2) is 6.14. The lowest BCUT2D eigenvalue weighted by atomic mass is 10.0. The van der Waals surface area contributed by atoms with Crippen LogP contribution in [0.15, 0.2) is 51.7 Å². The summed E-state index contributed by atoms with van der Waals surface area (Å²) in [5.74, 6) is 0.780. The van der Waals surface area contributed by atoms with Gasteiger partial charge in [0.1, 0.15) is 11.5 Å². The highest BCUT2D eigenvalue weighted by molar-refractivity contribution is 5.78. The first-order chi connectivity index (χ1) is 9.20. The minimum absolute atomic E-state index is 0.213. The van der Waals surface area contributed by atoms with Crippen LogP contribution in [0.2, 0.25) is 0 Å². The molecule has 1 aromatic carbocycles. The zero-order valence-corrected chi connectivity index (χ0v) is 10.9. The van der Waals surface area contributed by atoms with Gasteiger partial charge in [-0.2, -0.15) is 0 Å². The lowest BCUT2D eigenvalue weighted by Crippen LogP contribution is -2.03. The highest BCUT2D eigenvalue weighted by Gasteiger charge is 2.10. The topological polar surface area (TPSA) is 47.3 Å². The zero-order valence-electron chi connectivity index (χ0n) is 10.9. The summed E-state index contributed by atoms with van der Waals surface area (Å²) in [5.41, 5.74) is 1.39. The fourth-order valence-electron chi connectivity index (χ4n) is 1.93. The molecule has 0 spiro atoms. The number of rotatable bonds is 5. The third-order valence-corrected chi connectivity index (χ3v) is 3.02. The van der Waals surface area contributed by atoms with Crippen LogP contribution in [-0.4, -0.2) is 5.78 Å². The van der Waals surface area contributed by atoms with Gasteiger partial charge in [-0.1, -0.05) is 37.3 Å². The summed E-state index contributed by atoms with van der Waals surface area (Å²) in [4.78, 5) is 22.8. The molecule has 0 fully saturated rings. The van der Waals surface area contributed by atoms with Crippen molar-refractivity contribution < 1.29 is 9.21 Å². The number of ketones is 1. The van der Waals surface area contributed by atoms with Crippen molar-refractivity contribution >= 4 is 5.78 Å². The average molecular weight is 256 g/mol. The van der Waals surface area contributed by atoms with E-state index < -0.39 is 0 Å². The first-order valence-electron chi connectivity index (χ1n) is 6.41. The molecule has 0 radical (unpaired) electrons. The van der Waals surface area contributed by atoms with Crippen molar-refractivity contribution in [2.45, 2.75) is 26.2 Å². The van der Waals surface area contributed by atoms with Crippen molar-refractivity contribution in [2.75, 3.05) is 0 Å².